The van der Waals surface area contributed by atoms with E-state index in [4.69, 9.17) is 5.11 Å². The Balaban J connectivity index is 0.869. The molecule has 6 rings (SSSR count). The molecule has 6 saturated carbocycles. The molecule has 0 atom stereocenters. The normalized spacial score (nSPS) is 50.1. The lowest BCUT2D eigenvalue weighted by atomic mass is 8.96. The Morgan fingerprint density at radius 2 is 1.14 bits per heavy atom. The molecule has 0 radical (unpaired) electrons. The Morgan fingerprint density at radius 3 is 1.64 bits per heavy atom. The monoisotopic (exact) mass is 302 g/mol. The summed E-state index contributed by atoms with van der Waals surface area (Å²) in [4.78, 5) is 10.4. The van der Waals surface area contributed by atoms with E-state index >= 15 is 0 Å². The van der Waals surface area contributed by atoms with Crippen LogP contribution in [-0.4, -0.2) is 11.1 Å². The van der Waals surface area contributed by atoms with Crippen LogP contribution in [0, 0.1) is 46.8 Å². The summed E-state index contributed by atoms with van der Waals surface area (Å²) in [6.45, 7) is 0. The number of carbonyl (C=O) groups is 1. The Morgan fingerprint density at radius 1 is 0.682 bits per heavy atom. The summed E-state index contributed by atoms with van der Waals surface area (Å²) < 4.78 is 0. The lowest BCUT2D eigenvalue weighted by Crippen LogP contribution is -3.05. The molecule has 0 aromatic carbocycles. The lowest BCUT2D eigenvalue weighted by Gasteiger charge is -3.08. The fraction of sp³-hybridized carbons (Fsp3) is 0.950. The largest absolute Gasteiger partial charge is 0.481 e. The summed E-state index contributed by atoms with van der Waals surface area (Å²) in [5.41, 5.74) is 0.957. The van der Waals surface area contributed by atoms with Crippen LogP contribution in [-0.2, 0) is 4.79 Å². The summed E-state index contributed by atoms with van der Waals surface area (Å²) in [5.74, 6) is 8.19. The van der Waals surface area contributed by atoms with Gasteiger partial charge in [0.1, 0.15) is 0 Å². The van der Waals surface area contributed by atoms with Crippen molar-refractivity contribution in [2.75, 3.05) is 0 Å². The zero-order valence-electron chi connectivity index (χ0n) is 13.7. The summed E-state index contributed by atoms with van der Waals surface area (Å²) in [6, 6.07) is 0. The number of aliphatic carboxylic acids is 1. The third-order valence-corrected chi connectivity index (χ3v) is 8.68. The highest BCUT2D eigenvalue weighted by Gasteiger charge is 3.03. The highest BCUT2D eigenvalue weighted by Crippen LogP contribution is 3.06. The van der Waals surface area contributed by atoms with E-state index in [2.05, 4.69) is 0 Å². The molecule has 0 heterocycles. The molecule has 0 aromatic rings. The molecule has 0 unspecified atom stereocenters. The Bertz CT molecular complexity index is 431. The van der Waals surface area contributed by atoms with Gasteiger partial charge in [-0.25, -0.2) is 0 Å². The summed E-state index contributed by atoms with van der Waals surface area (Å²) >= 11 is 0. The van der Waals surface area contributed by atoms with Crippen LogP contribution >= 0.6 is 0 Å². The third kappa shape index (κ3) is 1.42. The van der Waals surface area contributed by atoms with Crippen LogP contribution < -0.4 is 0 Å². The minimum Gasteiger partial charge on any atom is -0.481 e. The van der Waals surface area contributed by atoms with E-state index in [1.165, 1.54) is 86.4 Å². The zero-order chi connectivity index (χ0) is 14.9. The number of hydrogen-bond donors (Lipinski definition) is 1. The molecule has 1 N–H and O–H groups in total. The highest BCUT2D eigenvalue weighted by atomic mass is 16.4. The zero-order valence-corrected chi connectivity index (χ0v) is 13.7. The van der Waals surface area contributed by atoms with E-state index in [0.29, 0.717) is 6.42 Å². The average Bonchev–Trinajstić information content (AvgIpc) is 2.52. The van der Waals surface area contributed by atoms with E-state index in [-0.39, 0.29) is 0 Å². The smallest absolute Gasteiger partial charge is 0.303 e. The fourth-order valence-corrected chi connectivity index (χ4v) is 8.12. The maximum absolute atomic E-state index is 10.4. The Labute approximate surface area is 134 Å². The SMILES string of the molecule is O=C(O)CCCCCCCCCCCC12C3C4C5C3C1C5C42. The second-order valence-electron chi connectivity index (χ2n) is 9.07. The predicted molar refractivity (Wildman–Crippen MR) is 85.3 cm³/mol. The van der Waals surface area contributed by atoms with Crippen molar-refractivity contribution in [3.63, 3.8) is 0 Å². The summed E-state index contributed by atoms with van der Waals surface area (Å²) in [7, 11) is 0. The molecule has 0 saturated heterocycles. The van der Waals surface area contributed by atoms with Crippen LogP contribution in [0.5, 0.6) is 0 Å². The van der Waals surface area contributed by atoms with Gasteiger partial charge in [0.05, 0.1) is 0 Å². The lowest BCUT2D eigenvalue weighted by molar-refractivity contribution is -0.616. The second kappa shape index (κ2) is 4.74. The molecule has 6 aliphatic rings. The maximum atomic E-state index is 10.4. The van der Waals surface area contributed by atoms with Crippen molar-refractivity contribution >= 4 is 5.97 Å². The van der Waals surface area contributed by atoms with Gasteiger partial charge in [-0.3, -0.25) is 4.79 Å². The van der Waals surface area contributed by atoms with Crippen molar-refractivity contribution in [1.29, 1.82) is 0 Å². The van der Waals surface area contributed by atoms with Gasteiger partial charge in [0, 0.05) is 6.42 Å². The Kier molecular flexibility index (Phi) is 2.99. The number of hydrogen-bond acceptors (Lipinski definition) is 1. The van der Waals surface area contributed by atoms with E-state index in [1.807, 2.05) is 0 Å². The molecule has 6 aliphatic carbocycles. The van der Waals surface area contributed by atoms with E-state index in [9.17, 15) is 4.79 Å². The van der Waals surface area contributed by atoms with Crippen molar-refractivity contribution < 1.29 is 9.90 Å². The molecule has 22 heavy (non-hydrogen) atoms. The molecule has 0 aliphatic heterocycles. The molecule has 2 heteroatoms. The first kappa shape index (κ1) is 13.9. The minimum atomic E-state index is -0.643. The number of unbranched alkanes of at least 4 members (excludes halogenated alkanes) is 8. The summed E-state index contributed by atoms with van der Waals surface area (Å²) in [5, 5.41) is 8.57. The van der Waals surface area contributed by atoms with E-state index < -0.39 is 5.97 Å². The number of carboxylic acids is 1. The van der Waals surface area contributed by atoms with Gasteiger partial charge in [-0.05, 0) is 59.7 Å². The highest BCUT2D eigenvalue weighted by molar-refractivity contribution is 5.66. The number of rotatable bonds is 12. The van der Waals surface area contributed by atoms with Gasteiger partial charge in [-0.2, -0.15) is 0 Å². The van der Waals surface area contributed by atoms with Crippen LogP contribution in [0.15, 0.2) is 0 Å². The first-order valence-corrected chi connectivity index (χ1v) is 10.0. The third-order valence-electron chi connectivity index (χ3n) is 8.68. The van der Waals surface area contributed by atoms with Crippen LogP contribution in [0.1, 0.15) is 70.6 Å². The predicted octanol–water partition coefficient (Wildman–Crippen LogP) is 4.73. The minimum absolute atomic E-state index is 0.355. The molecule has 0 aromatic heterocycles. The van der Waals surface area contributed by atoms with Crippen molar-refractivity contribution in [2.45, 2.75) is 70.6 Å². The first-order chi connectivity index (χ1) is 10.8. The van der Waals surface area contributed by atoms with Gasteiger partial charge in [0.15, 0.2) is 0 Å². The first-order valence-electron chi connectivity index (χ1n) is 10.0. The van der Waals surface area contributed by atoms with Crippen LogP contribution in [0.2, 0.25) is 0 Å². The van der Waals surface area contributed by atoms with Gasteiger partial charge < -0.3 is 5.11 Å². The van der Waals surface area contributed by atoms with Crippen LogP contribution in [0.4, 0.5) is 0 Å². The fourth-order valence-electron chi connectivity index (χ4n) is 8.12. The molecule has 122 valence electrons. The standard InChI is InChI=1S/C20H30O2/c21-12(22)10-8-6-4-2-1-3-5-7-9-11-20-17-14-13-15(17)19(20)16(13)18(14)20/h13-19H,1-11H2,(H,21,22). The Hall–Kier alpha value is -0.530. The second-order valence-corrected chi connectivity index (χ2v) is 9.07. The molecular weight excluding hydrogens is 272 g/mol. The molecular formula is C20H30O2. The van der Waals surface area contributed by atoms with E-state index in [0.717, 1.165) is 18.3 Å². The van der Waals surface area contributed by atoms with Gasteiger partial charge in [0.25, 0.3) is 0 Å². The maximum Gasteiger partial charge on any atom is 0.303 e. The molecule has 2 nitrogen and oxygen atoms in total. The van der Waals surface area contributed by atoms with Crippen LogP contribution in [0.25, 0.3) is 0 Å². The van der Waals surface area contributed by atoms with Gasteiger partial charge in [-0.15, -0.1) is 0 Å². The van der Waals surface area contributed by atoms with Crippen molar-refractivity contribution in [3.05, 3.63) is 0 Å². The topological polar surface area (TPSA) is 37.3 Å². The molecule has 0 spiro atoms. The quantitative estimate of drug-likeness (QED) is 0.529. The van der Waals surface area contributed by atoms with Gasteiger partial charge in [0.2, 0.25) is 0 Å². The van der Waals surface area contributed by atoms with Crippen molar-refractivity contribution in [1.82, 2.24) is 0 Å². The average molecular weight is 302 g/mol. The molecule has 0 amide bonds. The van der Waals surface area contributed by atoms with Gasteiger partial charge in [-0.1, -0.05) is 51.4 Å². The molecule has 0 bridgehead atoms. The van der Waals surface area contributed by atoms with Crippen molar-refractivity contribution in [3.8, 4) is 0 Å². The van der Waals surface area contributed by atoms with Crippen LogP contribution in [0.3, 0.4) is 0 Å². The van der Waals surface area contributed by atoms with Crippen molar-refractivity contribution in [2.24, 2.45) is 46.8 Å². The molecule has 6 fully saturated rings. The summed E-state index contributed by atoms with van der Waals surface area (Å²) in [6.07, 6.45) is 13.6. The number of carboxylic acid groups (broad SMARTS) is 1. The van der Waals surface area contributed by atoms with Gasteiger partial charge >= 0.3 is 5.97 Å². The van der Waals surface area contributed by atoms with E-state index in [1.54, 1.807) is 6.42 Å².